The van der Waals surface area contributed by atoms with E-state index in [4.69, 9.17) is 22.0 Å². The van der Waals surface area contributed by atoms with Gasteiger partial charge in [0.15, 0.2) is 0 Å². The van der Waals surface area contributed by atoms with Crippen LogP contribution < -0.4 is 4.90 Å². The van der Waals surface area contributed by atoms with Gasteiger partial charge in [-0.3, -0.25) is 4.79 Å². The predicted molar refractivity (Wildman–Crippen MR) is 62.1 cm³/mol. The average molecular weight is 293 g/mol. The number of carbonyl (C=O) groups is 1. The molecule has 1 aromatic carbocycles. The second-order valence-electron chi connectivity index (χ2n) is 3.64. The van der Waals surface area contributed by atoms with Crippen molar-refractivity contribution in [3.05, 3.63) is 28.8 Å². The summed E-state index contributed by atoms with van der Waals surface area (Å²) in [6, 6.07) is 5.42. The molecule has 0 aliphatic carbocycles. The molecule has 0 atom stereocenters. The Kier molecular flexibility index (Phi) is 4.62. The minimum atomic E-state index is -4.59. The van der Waals surface area contributed by atoms with Gasteiger partial charge in [0.1, 0.15) is 19.2 Å². The first-order valence-electron chi connectivity index (χ1n) is 4.96. The summed E-state index contributed by atoms with van der Waals surface area (Å²) in [5, 5.41) is 17.6. The number of benzene rings is 1. The molecule has 1 rings (SSSR count). The molecule has 0 aliphatic rings. The van der Waals surface area contributed by atoms with Crippen molar-refractivity contribution in [3.8, 4) is 6.07 Å². The van der Waals surface area contributed by atoms with E-state index < -0.39 is 25.2 Å². The van der Waals surface area contributed by atoms with Gasteiger partial charge in [0, 0.05) is 5.02 Å². The first-order valence-corrected chi connectivity index (χ1v) is 5.34. The maximum Gasteiger partial charge on any atom is 0.405 e. The number of carboxylic acids is 1. The van der Waals surface area contributed by atoms with E-state index in [0.717, 1.165) is 6.07 Å². The van der Waals surface area contributed by atoms with E-state index >= 15 is 0 Å². The normalized spacial score (nSPS) is 10.9. The summed E-state index contributed by atoms with van der Waals surface area (Å²) in [7, 11) is 0. The smallest absolute Gasteiger partial charge is 0.405 e. The number of halogens is 4. The topological polar surface area (TPSA) is 64.3 Å². The zero-order valence-electron chi connectivity index (χ0n) is 9.41. The summed E-state index contributed by atoms with van der Waals surface area (Å²) < 4.78 is 37.3. The van der Waals surface area contributed by atoms with Crippen LogP contribution in [-0.4, -0.2) is 30.3 Å². The third kappa shape index (κ3) is 4.67. The van der Waals surface area contributed by atoms with E-state index in [9.17, 15) is 18.0 Å². The lowest BCUT2D eigenvalue weighted by Crippen LogP contribution is -2.38. The Morgan fingerprint density at radius 2 is 2.11 bits per heavy atom. The number of carboxylic acid groups (broad SMARTS) is 1. The maximum atomic E-state index is 12.4. The Bertz CT molecular complexity index is 526. The van der Waals surface area contributed by atoms with Gasteiger partial charge in [-0.1, -0.05) is 11.6 Å². The molecular formula is C11H8ClF3N2O2. The predicted octanol–water partition coefficient (Wildman–Crippen LogP) is 2.66. The van der Waals surface area contributed by atoms with Crippen LogP contribution in [0.4, 0.5) is 18.9 Å². The standard InChI is InChI=1S/C11H8ClF3N2O2/c12-8-2-1-7(4-16)9(3-8)17(5-10(18)19)6-11(13,14)15/h1-3H,5-6H2,(H,18,19). The van der Waals surface area contributed by atoms with Crippen LogP contribution in [0, 0.1) is 11.3 Å². The lowest BCUT2D eigenvalue weighted by Gasteiger charge is -2.25. The van der Waals surface area contributed by atoms with Crippen LogP contribution in [0.2, 0.25) is 5.02 Å². The molecule has 0 radical (unpaired) electrons. The third-order valence-corrected chi connectivity index (χ3v) is 2.35. The highest BCUT2D eigenvalue weighted by Crippen LogP contribution is 2.27. The molecule has 0 saturated carbocycles. The number of rotatable bonds is 4. The second-order valence-corrected chi connectivity index (χ2v) is 4.07. The molecule has 0 saturated heterocycles. The molecule has 0 fully saturated rings. The first-order chi connectivity index (χ1) is 8.73. The molecule has 0 spiro atoms. The van der Waals surface area contributed by atoms with E-state index in [1.165, 1.54) is 12.1 Å². The van der Waals surface area contributed by atoms with Crippen LogP contribution in [0.3, 0.4) is 0 Å². The van der Waals surface area contributed by atoms with Crippen molar-refractivity contribution in [2.75, 3.05) is 18.0 Å². The van der Waals surface area contributed by atoms with Crippen molar-refractivity contribution in [1.82, 2.24) is 0 Å². The first kappa shape index (κ1) is 15.1. The van der Waals surface area contributed by atoms with Gasteiger partial charge in [-0.25, -0.2) is 0 Å². The monoisotopic (exact) mass is 292 g/mol. The number of hydrogen-bond donors (Lipinski definition) is 1. The number of hydrogen-bond acceptors (Lipinski definition) is 3. The molecule has 0 bridgehead atoms. The molecule has 0 aliphatic heterocycles. The summed E-state index contributed by atoms with van der Waals surface area (Å²) in [6.07, 6.45) is -4.59. The molecule has 0 heterocycles. The van der Waals surface area contributed by atoms with Gasteiger partial charge in [0.25, 0.3) is 0 Å². The van der Waals surface area contributed by atoms with E-state index in [0.29, 0.717) is 4.90 Å². The van der Waals surface area contributed by atoms with Gasteiger partial charge in [-0.2, -0.15) is 18.4 Å². The quantitative estimate of drug-likeness (QED) is 0.926. The third-order valence-electron chi connectivity index (χ3n) is 2.12. The van der Waals surface area contributed by atoms with Gasteiger partial charge >= 0.3 is 12.1 Å². The van der Waals surface area contributed by atoms with Gasteiger partial charge in [0.05, 0.1) is 11.3 Å². The highest BCUT2D eigenvalue weighted by Gasteiger charge is 2.32. The molecule has 4 nitrogen and oxygen atoms in total. The lowest BCUT2D eigenvalue weighted by atomic mass is 10.1. The molecule has 102 valence electrons. The Morgan fingerprint density at radius 3 is 2.58 bits per heavy atom. The van der Waals surface area contributed by atoms with Crippen LogP contribution in [0.15, 0.2) is 18.2 Å². The van der Waals surface area contributed by atoms with Crippen molar-refractivity contribution in [1.29, 1.82) is 5.26 Å². The highest BCUT2D eigenvalue weighted by atomic mass is 35.5. The van der Waals surface area contributed by atoms with Crippen LogP contribution in [0.25, 0.3) is 0 Å². The second kappa shape index (κ2) is 5.80. The molecule has 1 aromatic rings. The highest BCUT2D eigenvalue weighted by molar-refractivity contribution is 6.30. The zero-order valence-corrected chi connectivity index (χ0v) is 10.2. The number of nitriles is 1. The fourth-order valence-electron chi connectivity index (χ4n) is 1.47. The summed E-state index contributed by atoms with van der Waals surface area (Å²) in [4.78, 5) is 11.2. The van der Waals surface area contributed by atoms with Crippen molar-refractivity contribution >= 4 is 23.3 Å². The Morgan fingerprint density at radius 1 is 1.47 bits per heavy atom. The maximum absolute atomic E-state index is 12.4. The van der Waals surface area contributed by atoms with Crippen molar-refractivity contribution in [2.45, 2.75) is 6.18 Å². The summed E-state index contributed by atoms with van der Waals surface area (Å²) in [6.45, 7) is -2.36. The average Bonchev–Trinajstić information content (AvgIpc) is 2.25. The Balaban J connectivity index is 3.20. The zero-order chi connectivity index (χ0) is 14.6. The van der Waals surface area contributed by atoms with Crippen molar-refractivity contribution in [3.63, 3.8) is 0 Å². The summed E-state index contributed by atoms with van der Waals surface area (Å²) >= 11 is 5.66. The molecule has 0 aromatic heterocycles. The van der Waals surface area contributed by atoms with Crippen molar-refractivity contribution < 1.29 is 23.1 Å². The van der Waals surface area contributed by atoms with Crippen LogP contribution in [0.5, 0.6) is 0 Å². The number of anilines is 1. The molecule has 1 N–H and O–H groups in total. The summed E-state index contributed by atoms with van der Waals surface area (Å²) in [5.74, 6) is -1.44. The minimum absolute atomic E-state index is 0.0742. The van der Waals surface area contributed by atoms with E-state index in [2.05, 4.69) is 0 Å². The number of aliphatic carboxylic acids is 1. The SMILES string of the molecule is N#Cc1ccc(Cl)cc1N(CC(=O)O)CC(F)(F)F. The number of alkyl halides is 3. The largest absolute Gasteiger partial charge is 0.480 e. The molecule has 19 heavy (non-hydrogen) atoms. The fraction of sp³-hybridized carbons (Fsp3) is 0.273. The molecule has 8 heteroatoms. The Hall–Kier alpha value is -1.94. The molecule has 0 unspecified atom stereocenters. The fourth-order valence-corrected chi connectivity index (χ4v) is 1.63. The van der Waals surface area contributed by atoms with Gasteiger partial charge in [-0.15, -0.1) is 0 Å². The summed E-state index contributed by atoms with van der Waals surface area (Å²) in [5.41, 5.74) is -0.232. The van der Waals surface area contributed by atoms with E-state index in [1.54, 1.807) is 6.07 Å². The minimum Gasteiger partial charge on any atom is -0.480 e. The van der Waals surface area contributed by atoms with Gasteiger partial charge in [0.2, 0.25) is 0 Å². The van der Waals surface area contributed by atoms with Crippen LogP contribution >= 0.6 is 11.6 Å². The van der Waals surface area contributed by atoms with Crippen molar-refractivity contribution in [2.24, 2.45) is 0 Å². The van der Waals surface area contributed by atoms with Crippen LogP contribution in [-0.2, 0) is 4.79 Å². The van der Waals surface area contributed by atoms with E-state index in [-0.39, 0.29) is 16.3 Å². The molecular weight excluding hydrogens is 285 g/mol. The van der Waals surface area contributed by atoms with Gasteiger partial charge in [-0.05, 0) is 18.2 Å². The van der Waals surface area contributed by atoms with E-state index in [1.807, 2.05) is 0 Å². The Labute approximate surface area is 111 Å². The van der Waals surface area contributed by atoms with Gasteiger partial charge < -0.3 is 10.0 Å². The molecule has 0 amide bonds. The van der Waals surface area contributed by atoms with Crippen LogP contribution in [0.1, 0.15) is 5.56 Å². The lowest BCUT2D eigenvalue weighted by molar-refractivity contribution is -0.136. The number of nitrogens with zero attached hydrogens (tertiary/aromatic N) is 2.